The number of ether oxygens (including phenoxy) is 1. The van der Waals surface area contributed by atoms with Crippen LogP contribution in [0.1, 0.15) is 63.9 Å². The van der Waals surface area contributed by atoms with E-state index in [1.54, 1.807) is 0 Å². The van der Waals surface area contributed by atoms with E-state index in [9.17, 15) is 4.79 Å². The molecule has 24 heavy (non-hydrogen) atoms. The molecule has 1 amide bonds. The van der Waals surface area contributed by atoms with Crippen LogP contribution in [0.25, 0.3) is 0 Å². The summed E-state index contributed by atoms with van der Waals surface area (Å²) in [5.41, 5.74) is 1.09. The van der Waals surface area contributed by atoms with Gasteiger partial charge >= 0.3 is 0 Å². The van der Waals surface area contributed by atoms with Crippen molar-refractivity contribution in [2.75, 3.05) is 6.54 Å². The third-order valence-corrected chi connectivity index (χ3v) is 5.29. The van der Waals surface area contributed by atoms with Gasteiger partial charge in [-0.15, -0.1) is 0 Å². The monoisotopic (exact) mass is 333 g/mol. The van der Waals surface area contributed by atoms with E-state index in [1.807, 2.05) is 6.92 Å². The lowest BCUT2D eigenvalue weighted by Crippen LogP contribution is -2.38. The molecule has 0 spiro atoms. The van der Waals surface area contributed by atoms with Crippen LogP contribution >= 0.6 is 0 Å². The number of aryl methyl sites for hydroxylation is 2. The quantitative estimate of drug-likeness (QED) is 0.871. The number of hydrogen-bond donors (Lipinski definition) is 1. The average Bonchev–Trinajstić information content (AvgIpc) is 2.97. The molecule has 134 valence electrons. The molecule has 2 heterocycles. The summed E-state index contributed by atoms with van der Waals surface area (Å²) in [5.74, 6) is 1.91. The van der Waals surface area contributed by atoms with Crippen molar-refractivity contribution in [2.24, 2.45) is 5.92 Å². The van der Waals surface area contributed by atoms with Crippen LogP contribution in [0.2, 0.25) is 0 Å². The van der Waals surface area contributed by atoms with Gasteiger partial charge in [0.1, 0.15) is 11.9 Å². The lowest BCUT2D eigenvalue weighted by atomic mass is 9.88. The average molecular weight is 333 g/mol. The Kier molecular flexibility index (Phi) is 5.93. The molecule has 0 bridgehead atoms. The molecule has 1 aliphatic heterocycles. The Balaban J connectivity index is 1.39. The highest BCUT2D eigenvalue weighted by Gasteiger charge is 2.24. The predicted octanol–water partition coefficient (Wildman–Crippen LogP) is 2.86. The molecule has 1 saturated carbocycles. The first-order valence-corrected chi connectivity index (χ1v) is 9.60. The Labute approximate surface area is 145 Å². The second-order valence-electron chi connectivity index (χ2n) is 7.51. The van der Waals surface area contributed by atoms with Gasteiger partial charge in [-0.3, -0.25) is 4.79 Å². The standard InChI is InChI=1S/C19H31N3O2/c1-14-6-5-7-17(12-14)24-15(2)19(23)20-10-9-16-13-22-11-4-3-8-18(22)21-16/h13-15,17H,3-12H2,1-2H3,(H,20,23). The SMILES string of the molecule is CC1CCCC(OC(C)C(=O)NCCc2cn3c(n2)CCCC3)C1. The molecule has 5 nitrogen and oxygen atoms in total. The zero-order chi connectivity index (χ0) is 16.9. The van der Waals surface area contributed by atoms with Crippen molar-refractivity contribution in [1.82, 2.24) is 14.9 Å². The topological polar surface area (TPSA) is 56.1 Å². The fraction of sp³-hybridized carbons (Fsp3) is 0.789. The zero-order valence-electron chi connectivity index (χ0n) is 15.1. The van der Waals surface area contributed by atoms with E-state index >= 15 is 0 Å². The van der Waals surface area contributed by atoms with E-state index in [0.29, 0.717) is 12.5 Å². The molecule has 2 aliphatic rings. The molecule has 3 rings (SSSR count). The van der Waals surface area contributed by atoms with Gasteiger partial charge in [-0.25, -0.2) is 4.98 Å². The van der Waals surface area contributed by atoms with Crippen LogP contribution in [-0.2, 0) is 28.9 Å². The number of hydrogen-bond acceptors (Lipinski definition) is 3. The maximum absolute atomic E-state index is 12.2. The molecule has 3 unspecified atom stereocenters. The van der Waals surface area contributed by atoms with Crippen LogP contribution in [0, 0.1) is 5.92 Å². The summed E-state index contributed by atoms with van der Waals surface area (Å²) >= 11 is 0. The van der Waals surface area contributed by atoms with Crippen molar-refractivity contribution in [3.8, 4) is 0 Å². The highest BCUT2D eigenvalue weighted by molar-refractivity contribution is 5.80. The van der Waals surface area contributed by atoms with E-state index in [2.05, 4.69) is 28.0 Å². The number of fused-ring (bicyclic) bond motifs is 1. The van der Waals surface area contributed by atoms with Crippen molar-refractivity contribution in [2.45, 2.75) is 84.0 Å². The Morgan fingerprint density at radius 2 is 2.29 bits per heavy atom. The zero-order valence-corrected chi connectivity index (χ0v) is 15.1. The molecule has 5 heteroatoms. The summed E-state index contributed by atoms with van der Waals surface area (Å²) in [4.78, 5) is 16.9. The van der Waals surface area contributed by atoms with E-state index in [0.717, 1.165) is 37.9 Å². The van der Waals surface area contributed by atoms with Gasteiger partial charge in [0, 0.05) is 32.1 Å². The van der Waals surface area contributed by atoms with Gasteiger partial charge in [0.2, 0.25) is 5.91 Å². The minimum atomic E-state index is -0.365. The fourth-order valence-electron chi connectivity index (χ4n) is 3.90. The maximum Gasteiger partial charge on any atom is 0.248 e. The number of imidazole rings is 1. The molecule has 0 saturated heterocycles. The second-order valence-corrected chi connectivity index (χ2v) is 7.51. The largest absolute Gasteiger partial charge is 0.365 e. The molecule has 1 aromatic heterocycles. The number of carbonyl (C=O) groups is 1. The third-order valence-electron chi connectivity index (χ3n) is 5.29. The van der Waals surface area contributed by atoms with Crippen LogP contribution in [0.5, 0.6) is 0 Å². The van der Waals surface area contributed by atoms with Gasteiger partial charge < -0.3 is 14.6 Å². The van der Waals surface area contributed by atoms with Crippen LogP contribution < -0.4 is 5.32 Å². The number of amides is 1. The summed E-state index contributed by atoms with van der Waals surface area (Å²) in [7, 11) is 0. The fourth-order valence-corrected chi connectivity index (χ4v) is 3.90. The van der Waals surface area contributed by atoms with Gasteiger partial charge in [-0.05, 0) is 38.5 Å². The third kappa shape index (κ3) is 4.59. The minimum absolute atomic E-state index is 0.00259. The minimum Gasteiger partial charge on any atom is -0.365 e. The highest BCUT2D eigenvalue weighted by Crippen LogP contribution is 2.26. The smallest absolute Gasteiger partial charge is 0.248 e. The van der Waals surface area contributed by atoms with Gasteiger partial charge in [0.15, 0.2) is 0 Å². The molecule has 1 fully saturated rings. The summed E-state index contributed by atoms with van der Waals surface area (Å²) in [6.45, 7) is 5.85. The first-order valence-electron chi connectivity index (χ1n) is 9.60. The lowest BCUT2D eigenvalue weighted by Gasteiger charge is -2.28. The van der Waals surface area contributed by atoms with Crippen molar-refractivity contribution in [3.05, 3.63) is 17.7 Å². The molecule has 1 aliphatic carbocycles. The van der Waals surface area contributed by atoms with E-state index < -0.39 is 0 Å². The summed E-state index contributed by atoms with van der Waals surface area (Å²) in [6.07, 6.45) is 11.0. The molecule has 0 radical (unpaired) electrons. The first-order chi connectivity index (χ1) is 11.6. The second kappa shape index (κ2) is 8.15. The highest BCUT2D eigenvalue weighted by atomic mass is 16.5. The summed E-state index contributed by atoms with van der Waals surface area (Å²) in [6, 6.07) is 0. The van der Waals surface area contributed by atoms with Crippen LogP contribution in [0.3, 0.4) is 0 Å². The molecule has 3 atom stereocenters. The van der Waals surface area contributed by atoms with Crippen LogP contribution in [0.4, 0.5) is 0 Å². The van der Waals surface area contributed by atoms with Gasteiger partial charge in [0.05, 0.1) is 11.8 Å². The predicted molar refractivity (Wildman–Crippen MR) is 93.8 cm³/mol. The summed E-state index contributed by atoms with van der Waals surface area (Å²) < 4.78 is 8.22. The first kappa shape index (κ1) is 17.5. The maximum atomic E-state index is 12.2. The van der Waals surface area contributed by atoms with Gasteiger partial charge in [-0.1, -0.05) is 19.8 Å². The number of nitrogens with zero attached hydrogens (tertiary/aromatic N) is 2. The van der Waals surface area contributed by atoms with Crippen LogP contribution in [-0.4, -0.2) is 34.2 Å². The van der Waals surface area contributed by atoms with Crippen molar-refractivity contribution < 1.29 is 9.53 Å². The Bertz CT molecular complexity index is 531. The van der Waals surface area contributed by atoms with E-state index in [4.69, 9.17) is 4.74 Å². The number of rotatable bonds is 6. The lowest BCUT2D eigenvalue weighted by molar-refractivity contribution is -0.137. The number of aromatic nitrogens is 2. The Morgan fingerprint density at radius 3 is 3.08 bits per heavy atom. The van der Waals surface area contributed by atoms with E-state index in [1.165, 1.54) is 31.5 Å². The summed E-state index contributed by atoms with van der Waals surface area (Å²) in [5, 5.41) is 3.00. The van der Waals surface area contributed by atoms with Gasteiger partial charge in [-0.2, -0.15) is 0 Å². The number of carbonyl (C=O) groups excluding carboxylic acids is 1. The molecular formula is C19H31N3O2. The Hall–Kier alpha value is -1.36. The molecular weight excluding hydrogens is 302 g/mol. The normalized spacial score (nSPS) is 25.1. The van der Waals surface area contributed by atoms with Crippen LogP contribution in [0.15, 0.2) is 6.20 Å². The molecule has 1 aromatic rings. The molecule has 0 aromatic carbocycles. The van der Waals surface area contributed by atoms with E-state index in [-0.39, 0.29) is 18.1 Å². The molecule has 1 N–H and O–H groups in total. The van der Waals surface area contributed by atoms with Crippen molar-refractivity contribution >= 4 is 5.91 Å². The van der Waals surface area contributed by atoms with Gasteiger partial charge in [0.25, 0.3) is 0 Å². The number of nitrogens with one attached hydrogen (secondary N) is 1. The Morgan fingerprint density at radius 1 is 1.42 bits per heavy atom. The van der Waals surface area contributed by atoms with Crippen molar-refractivity contribution in [3.63, 3.8) is 0 Å². The van der Waals surface area contributed by atoms with Crippen molar-refractivity contribution in [1.29, 1.82) is 0 Å².